The molecule has 0 atom stereocenters. The maximum Gasteiger partial charge on any atom is 0.316 e. The van der Waals surface area contributed by atoms with Crippen LogP contribution in [0, 0.1) is 11.3 Å². The summed E-state index contributed by atoms with van der Waals surface area (Å²) in [4.78, 5) is 13.4. The van der Waals surface area contributed by atoms with Crippen molar-refractivity contribution in [1.82, 2.24) is 14.5 Å². The molecule has 0 fully saturated rings. The number of ether oxygens (including phenoxy) is 1. The summed E-state index contributed by atoms with van der Waals surface area (Å²) in [7, 11) is 1.29. The highest BCUT2D eigenvalue weighted by Crippen LogP contribution is 2.27. The third kappa shape index (κ3) is 7.31. The van der Waals surface area contributed by atoms with Gasteiger partial charge in [-0.3, -0.25) is 0 Å². The van der Waals surface area contributed by atoms with Gasteiger partial charge >= 0.3 is 6.03 Å². The molecular formula is C20H35N3O4S. The Labute approximate surface area is 170 Å². The predicted molar refractivity (Wildman–Crippen MR) is 112 cm³/mol. The van der Waals surface area contributed by atoms with Crippen LogP contribution in [0.3, 0.4) is 0 Å². The maximum absolute atomic E-state index is 13.2. The third-order valence-electron chi connectivity index (χ3n) is 4.35. The molecule has 0 radical (unpaired) electrons. The predicted octanol–water partition coefficient (Wildman–Crippen LogP) is 3.03. The first-order valence-corrected chi connectivity index (χ1v) is 10.9. The van der Waals surface area contributed by atoms with Crippen molar-refractivity contribution < 1.29 is 17.9 Å². The topological polar surface area (TPSA) is 79.0 Å². The van der Waals surface area contributed by atoms with Gasteiger partial charge < -0.3 is 15.0 Å². The molecule has 0 unspecified atom stereocenters. The fourth-order valence-electron chi connectivity index (χ4n) is 2.77. The van der Waals surface area contributed by atoms with Gasteiger partial charge in [0.15, 0.2) is 0 Å². The molecule has 0 saturated heterocycles. The number of rotatable bonds is 10. The molecule has 160 valence electrons. The summed E-state index contributed by atoms with van der Waals surface area (Å²) in [6.45, 7) is 9.33. The monoisotopic (exact) mass is 413 g/mol. The van der Waals surface area contributed by atoms with E-state index in [0.29, 0.717) is 31.8 Å². The van der Waals surface area contributed by atoms with Crippen LogP contribution in [0.5, 0.6) is 5.75 Å². The molecule has 0 aliphatic heterocycles. The summed E-state index contributed by atoms with van der Waals surface area (Å²) in [5, 5.41) is 2.84. The number of amides is 2. The SMILES string of the molecule is COc1ccc(S(=O)(=O)N(CC(C)C)CC(C)(C)CCNC(=O)N(C)C)cc1. The highest BCUT2D eigenvalue weighted by atomic mass is 32.2. The standard InChI is InChI=1S/C20H35N3O4S/c1-16(2)14-23(15-20(3,4)12-13-21-19(24)22(5)6)28(25,26)18-10-8-17(27-7)9-11-18/h8-11,16H,12-15H2,1-7H3,(H,21,24). The van der Waals surface area contributed by atoms with Crippen LogP contribution < -0.4 is 10.1 Å². The lowest BCUT2D eigenvalue weighted by Gasteiger charge is -2.33. The first kappa shape index (κ1) is 24.2. The Hall–Kier alpha value is -1.80. The molecule has 0 aromatic heterocycles. The number of nitrogens with one attached hydrogen (secondary N) is 1. The molecule has 0 heterocycles. The molecule has 7 nitrogen and oxygen atoms in total. The Morgan fingerprint density at radius 1 is 1.18 bits per heavy atom. The lowest BCUT2D eigenvalue weighted by atomic mass is 9.89. The van der Waals surface area contributed by atoms with E-state index in [2.05, 4.69) is 5.32 Å². The van der Waals surface area contributed by atoms with E-state index in [0.717, 1.165) is 0 Å². The normalized spacial score (nSPS) is 12.3. The van der Waals surface area contributed by atoms with Gasteiger partial charge in [-0.05, 0) is 42.0 Å². The average molecular weight is 414 g/mol. The number of methoxy groups -OCH3 is 1. The largest absolute Gasteiger partial charge is 0.497 e. The molecule has 1 N–H and O–H groups in total. The van der Waals surface area contributed by atoms with E-state index in [1.807, 2.05) is 27.7 Å². The lowest BCUT2D eigenvalue weighted by molar-refractivity contribution is 0.207. The van der Waals surface area contributed by atoms with Crippen LogP contribution in [0.25, 0.3) is 0 Å². The minimum Gasteiger partial charge on any atom is -0.497 e. The van der Waals surface area contributed by atoms with Crippen molar-refractivity contribution in [3.05, 3.63) is 24.3 Å². The van der Waals surface area contributed by atoms with Crippen molar-refractivity contribution in [2.45, 2.75) is 39.0 Å². The Balaban J connectivity index is 2.95. The van der Waals surface area contributed by atoms with Crippen LogP contribution >= 0.6 is 0 Å². The minimum absolute atomic E-state index is 0.152. The second-order valence-corrected chi connectivity index (χ2v) is 10.3. The average Bonchev–Trinajstić information content (AvgIpc) is 2.60. The van der Waals surface area contributed by atoms with Crippen molar-refractivity contribution in [3.8, 4) is 5.75 Å². The summed E-state index contributed by atoms with van der Waals surface area (Å²) in [6.07, 6.45) is 0.666. The molecule has 8 heteroatoms. The molecular weight excluding hydrogens is 378 g/mol. The number of carbonyl (C=O) groups is 1. The molecule has 1 rings (SSSR count). The zero-order valence-corrected chi connectivity index (χ0v) is 19.0. The molecule has 2 amide bonds. The van der Waals surface area contributed by atoms with Gasteiger partial charge in [0.05, 0.1) is 12.0 Å². The molecule has 1 aromatic rings. The zero-order chi connectivity index (χ0) is 21.5. The van der Waals surface area contributed by atoms with E-state index in [1.54, 1.807) is 49.8 Å². The van der Waals surface area contributed by atoms with E-state index < -0.39 is 10.0 Å². The van der Waals surface area contributed by atoms with Crippen LogP contribution in [-0.2, 0) is 10.0 Å². The fourth-order valence-corrected chi connectivity index (χ4v) is 4.57. The van der Waals surface area contributed by atoms with E-state index in [9.17, 15) is 13.2 Å². The Morgan fingerprint density at radius 3 is 2.21 bits per heavy atom. The summed E-state index contributed by atoms with van der Waals surface area (Å²) in [5.41, 5.74) is -0.298. The van der Waals surface area contributed by atoms with Crippen molar-refractivity contribution in [1.29, 1.82) is 0 Å². The van der Waals surface area contributed by atoms with Crippen LogP contribution in [0.2, 0.25) is 0 Å². The van der Waals surface area contributed by atoms with Crippen LogP contribution in [-0.4, -0.2) is 64.5 Å². The second-order valence-electron chi connectivity index (χ2n) is 8.41. The summed E-state index contributed by atoms with van der Waals surface area (Å²) in [5.74, 6) is 0.809. The van der Waals surface area contributed by atoms with Gasteiger partial charge in [0.25, 0.3) is 0 Å². The van der Waals surface area contributed by atoms with Gasteiger partial charge in [-0.25, -0.2) is 13.2 Å². The van der Waals surface area contributed by atoms with Crippen molar-refractivity contribution in [3.63, 3.8) is 0 Å². The number of urea groups is 1. The molecule has 0 bridgehead atoms. The second kappa shape index (κ2) is 10.1. The van der Waals surface area contributed by atoms with Gasteiger partial charge in [0.1, 0.15) is 5.75 Å². The van der Waals surface area contributed by atoms with Crippen molar-refractivity contribution >= 4 is 16.1 Å². The molecule has 0 spiro atoms. The summed E-state index contributed by atoms with van der Waals surface area (Å²) >= 11 is 0. The number of hydrogen-bond acceptors (Lipinski definition) is 4. The number of nitrogens with zero attached hydrogens (tertiary/aromatic N) is 2. The quantitative estimate of drug-likeness (QED) is 0.639. The van der Waals surface area contributed by atoms with Gasteiger partial charge in [0, 0.05) is 33.7 Å². The molecule has 0 aliphatic rings. The maximum atomic E-state index is 13.2. The number of sulfonamides is 1. The van der Waals surface area contributed by atoms with Gasteiger partial charge in [-0.1, -0.05) is 27.7 Å². The first-order valence-electron chi connectivity index (χ1n) is 9.48. The first-order chi connectivity index (χ1) is 12.9. The van der Waals surface area contributed by atoms with Gasteiger partial charge in [0.2, 0.25) is 10.0 Å². The number of carbonyl (C=O) groups excluding carboxylic acids is 1. The lowest BCUT2D eigenvalue weighted by Crippen LogP contribution is -2.43. The Kier molecular flexibility index (Phi) is 8.75. The molecule has 0 aliphatic carbocycles. The van der Waals surface area contributed by atoms with E-state index in [1.165, 1.54) is 4.90 Å². The van der Waals surface area contributed by atoms with Gasteiger partial charge in [-0.15, -0.1) is 0 Å². The van der Waals surface area contributed by atoms with E-state index in [4.69, 9.17) is 4.74 Å². The van der Waals surface area contributed by atoms with Gasteiger partial charge in [-0.2, -0.15) is 4.31 Å². The fraction of sp³-hybridized carbons (Fsp3) is 0.650. The highest BCUT2D eigenvalue weighted by molar-refractivity contribution is 7.89. The zero-order valence-electron chi connectivity index (χ0n) is 18.2. The highest BCUT2D eigenvalue weighted by Gasteiger charge is 2.31. The summed E-state index contributed by atoms with van der Waals surface area (Å²) in [6, 6.07) is 6.31. The number of hydrogen-bond donors (Lipinski definition) is 1. The van der Waals surface area contributed by atoms with E-state index in [-0.39, 0.29) is 22.3 Å². The third-order valence-corrected chi connectivity index (χ3v) is 6.18. The smallest absolute Gasteiger partial charge is 0.316 e. The Morgan fingerprint density at radius 2 is 1.75 bits per heavy atom. The molecule has 28 heavy (non-hydrogen) atoms. The van der Waals surface area contributed by atoms with Crippen molar-refractivity contribution in [2.24, 2.45) is 11.3 Å². The molecule has 0 saturated carbocycles. The summed E-state index contributed by atoms with van der Waals surface area (Å²) < 4.78 is 33.1. The minimum atomic E-state index is -3.63. The van der Waals surface area contributed by atoms with Crippen LogP contribution in [0.4, 0.5) is 4.79 Å². The molecule has 1 aromatic carbocycles. The Bertz CT molecular complexity index is 728. The van der Waals surface area contributed by atoms with E-state index >= 15 is 0 Å². The van der Waals surface area contributed by atoms with Crippen LogP contribution in [0.1, 0.15) is 34.1 Å². The van der Waals surface area contributed by atoms with Crippen molar-refractivity contribution in [2.75, 3.05) is 40.8 Å². The van der Waals surface area contributed by atoms with Crippen LogP contribution in [0.15, 0.2) is 29.2 Å². The number of benzene rings is 1.